The summed E-state index contributed by atoms with van der Waals surface area (Å²) in [6.45, 7) is 1.38. The topological polar surface area (TPSA) is 45.7 Å². The molecule has 0 aliphatic carbocycles. The first-order chi connectivity index (χ1) is 14.0. The summed E-state index contributed by atoms with van der Waals surface area (Å²) in [4.78, 5) is 22.7. The maximum atomic E-state index is 13.0. The van der Waals surface area contributed by atoms with Crippen molar-refractivity contribution in [3.63, 3.8) is 0 Å². The van der Waals surface area contributed by atoms with Crippen molar-refractivity contribution in [1.29, 1.82) is 0 Å². The normalized spacial score (nSPS) is 10.8. The summed E-state index contributed by atoms with van der Waals surface area (Å²) >= 11 is 9.11. The van der Waals surface area contributed by atoms with Crippen molar-refractivity contribution in [3.8, 4) is 5.75 Å². The molecule has 0 radical (unpaired) electrons. The molecule has 0 atom stereocenters. The van der Waals surface area contributed by atoms with E-state index in [4.69, 9.17) is 21.3 Å². The van der Waals surface area contributed by atoms with Crippen LogP contribution in [0.5, 0.6) is 5.75 Å². The van der Waals surface area contributed by atoms with Crippen LogP contribution < -0.4 is 9.64 Å². The van der Waals surface area contributed by atoms with Gasteiger partial charge in [-0.25, -0.2) is 4.98 Å². The molecule has 0 fully saturated rings. The highest BCUT2D eigenvalue weighted by Gasteiger charge is 2.20. The first kappa shape index (κ1) is 24.8. The zero-order valence-corrected chi connectivity index (χ0v) is 20.3. The summed E-state index contributed by atoms with van der Waals surface area (Å²) in [7, 11) is 5.65. The van der Waals surface area contributed by atoms with E-state index >= 15 is 0 Å². The van der Waals surface area contributed by atoms with Crippen LogP contribution in [0.1, 0.15) is 6.42 Å². The van der Waals surface area contributed by atoms with Crippen LogP contribution in [-0.4, -0.2) is 55.8 Å². The molecule has 0 bridgehead atoms. The molecule has 0 aliphatic rings. The second-order valence-corrected chi connectivity index (χ2v) is 9.34. The minimum atomic E-state index is 0. The first-order valence-electron chi connectivity index (χ1n) is 9.24. The van der Waals surface area contributed by atoms with Crippen LogP contribution in [0.3, 0.4) is 0 Å². The van der Waals surface area contributed by atoms with Gasteiger partial charge >= 0.3 is 0 Å². The van der Waals surface area contributed by atoms with E-state index in [-0.39, 0.29) is 18.3 Å². The lowest BCUT2D eigenvalue weighted by Gasteiger charge is -2.22. The number of aromatic nitrogens is 1. The smallest absolute Gasteiger partial charge is 0.229 e. The Morgan fingerprint density at radius 1 is 1.17 bits per heavy atom. The van der Waals surface area contributed by atoms with Crippen molar-refractivity contribution in [2.45, 2.75) is 11.3 Å². The van der Waals surface area contributed by atoms with Gasteiger partial charge in [0.25, 0.3) is 0 Å². The largest absolute Gasteiger partial charge is 0.497 e. The molecule has 0 spiro atoms. The molecule has 3 aromatic rings. The molecule has 1 aromatic heterocycles. The summed E-state index contributed by atoms with van der Waals surface area (Å²) in [6.07, 6.45) is 0.444. The minimum absolute atomic E-state index is 0. The van der Waals surface area contributed by atoms with Gasteiger partial charge in [-0.15, -0.1) is 24.2 Å². The predicted molar refractivity (Wildman–Crippen MR) is 131 cm³/mol. The lowest BCUT2D eigenvalue weighted by atomic mass is 10.3. The standard InChI is InChI=1S/C21H24ClN3O2S2.ClH/c1-24(2)11-12-25(20(26)10-13-28-17-7-4-15(22)5-8-17)21-23-18-9-6-16(27-3)14-19(18)29-21;/h4-9,14H,10-13H2,1-3H3;1H. The maximum absolute atomic E-state index is 13.0. The minimum Gasteiger partial charge on any atom is -0.497 e. The fourth-order valence-corrected chi connectivity index (χ4v) is 4.69. The Balaban J connectivity index is 0.00000320. The molecule has 5 nitrogen and oxygen atoms in total. The number of hydrogen-bond donors (Lipinski definition) is 0. The second-order valence-electron chi connectivity index (χ2n) is 6.73. The molecule has 0 saturated carbocycles. The summed E-state index contributed by atoms with van der Waals surface area (Å²) in [5, 5.41) is 1.45. The number of methoxy groups -OCH3 is 1. The molecule has 9 heteroatoms. The molecule has 0 unspecified atom stereocenters. The second kappa shape index (κ2) is 11.8. The number of halogens is 2. The zero-order valence-electron chi connectivity index (χ0n) is 17.1. The van der Waals surface area contributed by atoms with E-state index in [0.29, 0.717) is 23.7 Å². The number of anilines is 1. The van der Waals surface area contributed by atoms with Crippen LogP contribution in [-0.2, 0) is 4.79 Å². The molecular weight excluding hydrogens is 461 g/mol. The van der Waals surface area contributed by atoms with Crippen LogP contribution in [0.15, 0.2) is 47.4 Å². The Bertz CT molecular complexity index is 965. The summed E-state index contributed by atoms with van der Waals surface area (Å²) < 4.78 is 6.31. The zero-order chi connectivity index (χ0) is 20.8. The van der Waals surface area contributed by atoms with Crippen LogP contribution in [0.4, 0.5) is 5.13 Å². The van der Waals surface area contributed by atoms with Gasteiger partial charge in [0, 0.05) is 35.2 Å². The predicted octanol–water partition coefficient (Wildman–Crippen LogP) is 5.46. The molecule has 1 amide bonds. The first-order valence-corrected chi connectivity index (χ1v) is 11.4. The number of amides is 1. The van der Waals surface area contributed by atoms with Gasteiger partial charge in [0.15, 0.2) is 5.13 Å². The van der Waals surface area contributed by atoms with Crippen LogP contribution in [0, 0.1) is 0 Å². The van der Waals surface area contributed by atoms with E-state index in [1.54, 1.807) is 23.8 Å². The van der Waals surface area contributed by atoms with Crippen LogP contribution in [0.2, 0.25) is 5.02 Å². The number of carbonyl (C=O) groups is 1. The van der Waals surface area contributed by atoms with Gasteiger partial charge in [0.2, 0.25) is 5.91 Å². The van der Waals surface area contributed by atoms with E-state index < -0.39 is 0 Å². The number of benzene rings is 2. The number of thioether (sulfide) groups is 1. The van der Waals surface area contributed by atoms with Gasteiger partial charge in [-0.1, -0.05) is 22.9 Å². The molecule has 0 saturated heterocycles. The molecule has 30 heavy (non-hydrogen) atoms. The number of carbonyl (C=O) groups excluding carboxylic acids is 1. The van der Waals surface area contributed by atoms with Gasteiger partial charge in [-0.05, 0) is 56.6 Å². The van der Waals surface area contributed by atoms with Crippen molar-refractivity contribution < 1.29 is 9.53 Å². The third-order valence-electron chi connectivity index (χ3n) is 4.29. The fourth-order valence-electron chi connectivity index (χ4n) is 2.68. The fraction of sp³-hybridized carbons (Fsp3) is 0.333. The van der Waals surface area contributed by atoms with E-state index in [1.165, 1.54) is 11.3 Å². The SMILES string of the molecule is COc1ccc2nc(N(CCN(C)C)C(=O)CCSc3ccc(Cl)cc3)sc2c1.Cl. The Labute approximate surface area is 196 Å². The lowest BCUT2D eigenvalue weighted by Crippen LogP contribution is -2.36. The number of rotatable bonds is 9. The highest BCUT2D eigenvalue weighted by atomic mass is 35.5. The molecule has 1 heterocycles. The quantitative estimate of drug-likeness (QED) is 0.376. The van der Waals surface area contributed by atoms with Gasteiger partial charge in [0.05, 0.1) is 17.3 Å². The van der Waals surface area contributed by atoms with Crippen molar-refractivity contribution >= 4 is 68.4 Å². The van der Waals surface area contributed by atoms with Gasteiger partial charge in [0.1, 0.15) is 5.75 Å². The van der Waals surface area contributed by atoms with Crippen LogP contribution >= 0.6 is 47.1 Å². The van der Waals surface area contributed by atoms with E-state index in [9.17, 15) is 4.79 Å². The van der Waals surface area contributed by atoms with Crippen LogP contribution in [0.25, 0.3) is 10.2 Å². The van der Waals surface area contributed by atoms with Crippen molar-refractivity contribution in [1.82, 2.24) is 9.88 Å². The maximum Gasteiger partial charge on any atom is 0.229 e. The summed E-state index contributed by atoms with van der Waals surface area (Å²) in [5.41, 5.74) is 0.879. The molecule has 0 N–H and O–H groups in total. The number of nitrogens with zero attached hydrogens (tertiary/aromatic N) is 3. The Morgan fingerprint density at radius 2 is 1.90 bits per heavy atom. The average Bonchev–Trinajstić information content (AvgIpc) is 3.12. The molecule has 0 aliphatic heterocycles. The number of hydrogen-bond acceptors (Lipinski definition) is 6. The van der Waals surface area contributed by atoms with Gasteiger partial charge in [-0.3, -0.25) is 9.69 Å². The Kier molecular flexibility index (Phi) is 9.71. The van der Waals surface area contributed by atoms with E-state index in [2.05, 4.69) is 4.90 Å². The summed E-state index contributed by atoms with van der Waals surface area (Å²) in [6, 6.07) is 13.5. The monoisotopic (exact) mass is 485 g/mol. The van der Waals surface area contributed by atoms with Gasteiger partial charge < -0.3 is 9.64 Å². The van der Waals surface area contributed by atoms with Crippen molar-refractivity contribution in [2.24, 2.45) is 0 Å². The number of fused-ring (bicyclic) bond motifs is 1. The van der Waals surface area contributed by atoms with Crippen molar-refractivity contribution in [3.05, 3.63) is 47.5 Å². The number of ether oxygens (including phenoxy) is 1. The lowest BCUT2D eigenvalue weighted by molar-refractivity contribution is -0.118. The number of likely N-dealkylation sites (N-methyl/N-ethyl adjacent to an activating group) is 1. The van der Waals surface area contributed by atoms with Gasteiger partial charge in [-0.2, -0.15) is 0 Å². The highest BCUT2D eigenvalue weighted by Crippen LogP contribution is 2.32. The molecule has 162 valence electrons. The Morgan fingerprint density at radius 3 is 2.57 bits per heavy atom. The van der Waals surface area contributed by atoms with E-state index in [0.717, 1.165) is 32.5 Å². The third kappa shape index (κ3) is 6.75. The average molecular weight is 486 g/mol. The molecular formula is C21H25Cl2N3O2S2. The number of thiazole rings is 1. The Hall–Kier alpha value is -1.51. The van der Waals surface area contributed by atoms with Crippen molar-refractivity contribution in [2.75, 3.05) is 44.9 Å². The van der Waals surface area contributed by atoms with E-state index in [1.807, 2.05) is 56.6 Å². The summed E-state index contributed by atoms with van der Waals surface area (Å²) in [5.74, 6) is 1.58. The third-order valence-corrected chi connectivity index (χ3v) is 6.59. The molecule has 3 rings (SSSR count). The highest BCUT2D eigenvalue weighted by molar-refractivity contribution is 7.99. The molecule has 2 aromatic carbocycles.